The molecular weight excluding hydrogens is 212 g/mol. The lowest BCUT2D eigenvalue weighted by molar-refractivity contribution is 0.265. The van der Waals surface area contributed by atoms with Gasteiger partial charge in [0.1, 0.15) is 0 Å². The van der Waals surface area contributed by atoms with E-state index in [4.69, 9.17) is 0 Å². The summed E-state index contributed by atoms with van der Waals surface area (Å²) in [4.78, 5) is 6.85. The highest BCUT2D eigenvalue weighted by Crippen LogP contribution is 2.20. The zero-order valence-corrected chi connectivity index (χ0v) is 11.5. The smallest absolute Gasteiger partial charge is 0.191 e. The molecule has 0 radical (unpaired) electrons. The first-order valence-electron chi connectivity index (χ1n) is 6.84. The Kier molecular flexibility index (Phi) is 3.92. The van der Waals surface area contributed by atoms with Crippen LogP contribution in [0.4, 0.5) is 0 Å². The molecule has 98 valence electrons. The summed E-state index contributed by atoms with van der Waals surface area (Å²) in [6.45, 7) is 9.18. The number of hydrogen-bond donors (Lipinski definition) is 2. The van der Waals surface area contributed by atoms with Gasteiger partial charge in [-0.3, -0.25) is 9.89 Å². The van der Waals surface area contributed by atoms with Gasteiger partial charge >= 0.3 is 0 Å². The molecule has 0 bridgehead atoms. The molecule has 0 aromatic heterocycles. The molecule has 1 aliphatic heterocycles. The number of hydrogen-bond acceptors (Lipinski definition) is 2. The van der Waals surface area contributed by atoms with E-state index in [2.05, 4.69) is 41.3 Å². The third kappa shape index (κ3) is 3.35. The molecule has 1 heterocycles. The Labute approximate surface area is 105 Å². The van der Waals surface area contributed by atoms with Crippen molar-refractivity contribution in [2.45, 2.75) is 51.7 Å². The number of guanidine groups is 1. The summed E-state index contributed by atoms with van der Waals surface area (Å²) in [7, 11) is 1.86. The lowest BCUT2D eigenvalue weighted by atomic mass is 10.1. The lowest BCUT2D eigenvalue weighted by Crippen LogP contribution is -2.47. The first-order valence-corrected chi connectivity index (χ1v) is 6.84. The predicted molar refractivity (Wildman–Crippen MR) is 72.3 cm³/mol. The summed E-state index contributed by atoms with van der Waals surface area (Å²) in [6, 6.07) is 1.84. The molecule has 1 saturated heterocycles. The summed E-state index contributed by atoms with van der Waals surface area (Å²) in [5.41, 5.74) is 0. The van der Waals surface area contributed by atoms with Crippen LogP contribution < -0.4 is 10.6 Å². The van der Waals surface area contributed by atoms with Crippen LogP contribution in [0.25, 0.3) is 0 Å². The van der Waals surface area contributed by atoms with Crippen LogP contribution in [0.2, 0.25) is 0 Å². The molecule has 0 aromatic carbocycles. The Morgan fingerprint density at radius 2 is 1.94 bits per heavy atom. The molecule has 1 saturated carbocycles. The second-order valence-corrected chi connectivity index (χ2v) is 5.77. The molecule has 4 heteroatoms. The van der Waals surface area contributed by atoms with Gasteiger partial charge in [0.05, 0.1) is 0 Å². The van der Waals surface area contributed by atoms with Gasteiger partial charge in [-0.2, -0.15) is 0 Å². The van der Waals surface area contributed by atoms with Gasteiger partial charge in [0.15, 0.2) is 5.96 Å². The van der Waals surface area contributed by atoms with E-state index in [0.29, 0.717) is 24.0 Å². The molecule has 2 N–H and O–H groups in total. The van der Waals surface area contributed by atoms with Gasteiger partial charge in [0, 0.05) is 38.3 Å². The SMILES string of the molecule is CN=C(NC1CC1)NC1CN(C(C)C)CC1C. The number of nitrogens with one attached hydrogen (secondary N) is 2. The molecule has 0 spiro atoms. The average Bonchev–Trinajstić information content (AvgIpc) is 3.02. The van der Waals surface area contributed by atoms with E-state index in [9.17, 15) is 0 Å². The van der Waals surface area contributed by atoms with Gasteiger partial charge in [0.2, 0.25) is 0 Å². The monoisotopic (exact) mass is 238 g/mol. The highest BCUT2D eigenvalue weighted by molar-refractivity contribution is 5.80. The zero-order valence-electron chi connectivity index (χ0n) is 11.5. The molecule has 2 unspecified atom stereocenters. The maximum atomic E-state index is 4.31. The maximum Gasteiger partial charge on any atom is 0.191 e. The highest BCUT2D eigenvalue weighted by Gasteiger charge is 2.32. The van der Waals surface area contributed by atoms with E-state index >= 15 is 0 Å². The zero-order chi connectivity index (χ0) is 12.4. The Morgan fingerprint density at radius 1 is 1.24 bits per heavy atom. The van der Waals surface area contributed by atoms with Gasteiger partial charge < -0.3 is 10.6 Å². The first kappa shape index (κ1) is 12.7. The van der Waals surface area contributed by atoms with Crippen LogP contribution >= 0.6 is 0 Å². The van der Waals surface area contributed by atoms with Crippen molar-refractivity contribution in [3.63, 3.8) is 0 Å². The molecule has 2 rings (SSSR count). The summed E-state index contributed by atoms with van der Waals surface area (Å²) < 4.78 is 0. The summed E-state index contributed by atoms with van der Waals surface area (Å²) >= 11 is 0. The summed E-state index contributed by atoms with van der Waals surface area (Å²) in [6.07, 6.45) is 2.58. The standard InChI is InChI=1S/C13H26N4/c1-9(2)17-7-10(3)12(8-17)16-13(14-4)15-11-5-6-11/h9-12H,5-8H2,1-4H3,(H2,14,15,16). The van der Waals surface area contributed by atoms with Crippen molar-refractivity contribution in [2.75, 3.05) is 20.1 Å². The van der Waals surface area contributed by atoms with E-state index in [1.165, 1.54) is 19.4 Å². The molecular formula is C13H26N4. The van der Waals surface area contributed by atoms with Crippen LogP contribution in [-0.2, 0) is 0 Å². The third-order valence-electron chi connectivity index (χ3n) is 3.83. The maximum absolute atomic E-state index is 4.31. The van der Waals surface area contributed by atoms with Gasteiger partial charge in [-0.1, -0.05) is 6.92 Å². The first-order chi connectivity index (χ1) is 8.10. The topological polar surface area (TPSA) is 39.7 Å². The normalized spacial score (nSPS) is 31.0. The van der Waals surface area contributed by atoms with Crippen LogP contribution in [-0.4, -0.2) is 49.1 Å². The van der Waals surface area contributed by atoms with E-state index in [1.54, 1.807) is 0 Å². The molecule has 1 aliphatic carbocycles. The Hall–Kier alpha value is -0.770. The van der Waals surface area contributed by atoms with Crippen LogP contribution in [0.1, 0.15) is 33.6 Å². The second kappa shape index (κ2) is 5.25. The Bertz CT molecular complexity index is 283. The third-order valence-corrected chi connectivity index (χ3v) is 3.83. The number of rotatable bonds is 3. The van der Waals surface area contributed by atoms with Crippen molar-refractivity contribution >= 4 is 5.96 Å². The van der Waals surface area contributed by atoms with Crippen LogP contribution in [0.15, 0.2) is 4.99 Å². The van der Waals surface area contributed by atoms with Crippen molar-refractivity contribution in [1.82, 2.24) is 15.5 Å². The predicted octanol–water partition coefficient (Wildman–Crippen LogP) is 1.04. The molecule has 2 fully saturated rings. The minimum Gasteiger partial charge on any atom is -0.354 e. The van der Waals surface area contributed by atoms with E-state index in [0.717, 1.165) is 12.5 Å². The minimum atomic E-state index is 0.530. The largest absolute Gasteiger partial charge is 0.354 e. The molecule has 2 atom stereocenters. The van der Waals surface area contributed by atoms with E-state index in [1.807, 2.05) is 7.05 Å². The van der Waals surface area contributed by atoms with Crippen molar-refractivity contribution in [3.05, 3.63) is 0 Å². The van der Waals surface area contributed by atoms with Crippen molar-refractivity contribution in [2.24, 2.45) is 10.9 Å². The highest BCUT2D eigenvalue weighted by atomic mass is 15.3. The lowest BCUT2D eigenvalue weighted by Gasteiger charge is -2.21. The van der Waals surface area contributed by atoms with Crippen LogP contribution in [0.3, 0.4) is 0 Å². The number of nitrogens with zero attached hydrogens (tertiary/aromatic N) is 2. The van der Waals surface area contributed by atoms with Gasteiger partial charge in [-0.25, -0.2) is 0 Å². The molecule has 0 aromatic rings. The van der Waals surface area contributed by atoms with Crippen LogP contribution in [0, 0.1) is 5.92 Å². The van der Waals surface area contributed by atoms with Gasteiger partial charge in [-0.15, -0.1) is 0 Å². The van der Waals surface area contributed by atoms with E-state index < -0.39 is 0 Å². The fourth-order valence-corrected chi connectivity index (χ4v) is 2.38. The molecule has 2 aliphatic rings. The van der Waals surface area contributed by atoms with E-state index in [-0.39, 0.29) is 0 Å². The van der Waals surface area contributed by atoms with Crippen LogP contribution in [0.5, 0.6) is 0 Å². The molecule has 4 nitrogen and oxygen atoms in total. The summed E-state index contributed by atoms with van der Waals surface area (Å²) in [5.74, 6) is 1.67. The average molecular weight is 238 g/mol. The minimum absolute atomic E-state index is 0.530. The quantitative estimate of drug-likeness (QED) is 0.570. The van der Waals surface area contributed by atoms with Crippen molar-refractivity contribution < 1.29 is 0 Å². The molecule has 17 heavy (non-hydrogen) atoms. The van der Waals surface area contributed by atoms with Crippen molar-refractivity contribution in [1.29, 1.82) is 0 Å². The number of aliphatic imine (C=N–C) groups is 1. The fraction of sp³-hybridized carbons (Fsp3) is 0.923. The summed E-state index contributed by atoms with van der Waals surface area (Å²) in [5, 5.41) is 7.02. The van der Waals surface area contributed by atoms with Crippen molar-refractivity contribution in [3.8, 4) is 0 Å². The Balaban J connectivity index is 1.85. The van der Waals surface area contributed by atoms with Gasteiger partial charge in [-0.05, 0) is 32.6 Å². The second-order valence-electron chi connectivity index (χ2n) is 5.77. The number of likely N-dealkylation sites (tertiary alicyclic amines) is 1. The fourth-order valence-electron chi connectivity index (χ4n) is 2.38. The Morgan fingerprint density at radius 3 is 2.41 bits per heavy atom. The molecule has 0 amide bonds. The van der Waals surface area contributed by atoms with Gasteiger partial charge in [0.25, 0.3) is 0 Å².